The molecule has 0 radical (unpaired) electrons. The molecule has 6 heteroatoms. The van der Waals surface area contributed by atoms with Gasteiger partial charge in [-0.15, -0.1) is 0 Å². The number of aliphatic hydroxyl groups is 1. The van der Waals surface area contributed by atoms with Gasteiger partial charge < -0.3 is 15.3 Å². The number of phenols is 2. The van der Waals surface area contributed by atoms with Gasteiger partial charge in [-0.2, -0.15) is 5.10 Å². The first kappa shape index (κ1) is 24.9. The van der Waals surface area contributed by atoms with Crippen LogP contribution in [-0.2, 0) is 6.42 Å². The molecule has 0 amide bonds. The lowest BCUT2D eigenvalue weighted by Gasteiger charge is -2.07. The Labute approximate surface area is 186 Å². The number of rotatable bonds is 16. The van der Waals surface area contributed by atoms with E-state index < -0.39 is 0 Å². The zero-order valence-electron chi connectivity index (χ0n) is 18.9. The van der Waals surface area contributed by atoms with Gasteiger partial charge in [-0.05, 0) is 50.3 Å². The average Bonchev–Trinajstić information content (AvgIpc) is 3.23. The quantitative estimate of drug-likeness (QED) is 0.148. The van der Waals surface area contributed by atoms with Crippen LogP contribution in [0.4, 0.5) is 0 Å². The van der Waals surface area contributed by atoms with Gasteiger partial charge in [0.1, 0.15) is 5.82 Å². The minimum absolute atomic E-state index is 0.148. The number of aromatic amines is 1. The average molecular weight is 430 g/mol. The predicted octanol–water partition coefficient (Wildman–Crippen LogP) is 6.04. The summed E-state index contributed by atoms with van der Waals surface area (Å²) in [6.07, 6.45) is 18.6. The summed E-state index contributed by atoms with van der Waals surface area (Å²) < 4.78 is 0. The first-order chi connectivity index (χ1) is 15.1. The van der Waals surface area contributed by atoms with Crippen LogP contribution in [0.2, 0.25) is 0 Å². The van der Waals surface area contributed by atoms with Crippen molar-refractivity contribution in [3.05, 3.63) is 36.2 Å². The molecule has 1 aromatic heterocycles. The van der Waals surface area contributed by atoms with E-state index in [4.69, 9.17) is 0 Å². The number of aliphatic hydroxyl groups excluding tert-OH is 1. The highest BCUT2D eigenvalue weighted by Gasteiger charge is 2.08. The van der Waals surface area contributed by atoms with Crippen LogP contribution in [0, 0.1) is 0 Å². The number of aromatic hydroxyl groups is 2. The molecule has 1 unspecified atom stereocenters. The highest BCUT2D eigenvalue weighted by molar-refractivity contribution is 5.60. The molecular weight excluding hydrogens is 390 g/mol. The Hall–Kier alpha value is -2.34. The Morgan fingerprint density at radius 1 is 0.935 bits per heavy atom. The van der Waals surface area contributed by atoms with Crippen molar-refractivity contribution in [2.24, 2.45) is 0 Å². The molecule has 31 heavy (non-hydrogen) atoms. The van der Waals surface area contributed by atoms with Crippen molar-refractivity contribution in [3.63, 3.8) is 0 Å². The van der Waals surface area contributed by atoms with Crippen molar-refractivity contribution in [1.29, 1.82) is 0 Å². The summed E-state index contributed by atoms with van der Waals surface area (Å²) in [5.74, 6) is 1.06. The molecule has 0 saturated carbocycles. The highest BCUT2D eigenvalue weighted by atomic mass is 16.3. The molecule has 1 heterocycles. The van der Waals surface area contributed by atoms with E-state index >= 15 is 0 Å². The number of hydrogen-bond acceptors (Lipinski definition) is 5. The minimum atomic E-state index is -0.176. The van der Waals surface area contributed by atoms with Crippen LogP contribution in [0.5, 0.6) is 11.5 Å². The topological polar surface area (TPSA) is 102 Å². The molecule has 0 saturated heterocycles. The van der Waals surface area contributed by atoms with E-state index in [9.17, 15) is 15.3 Å². The second kappa shape index (κ2) is 14.6. The van der Waals surface area contributed by atoms with Gasteiger partial charge in [0, 0.05) is 12.0 Å². The van der Waals surface area contributed by atoms with E-state index in [0.29, 0.717) is 11.4 Å². The number of aryl methyl sites for hydroxylation is 1. The summed E-state index contributed by atoms with van der Waals surface area (Å²) in [7, 11) is 0. The fourth-order valence-electron chi connectivity index (χ4n) is 3.58. The maximum absolute atomic E-state index is 9.95. The molecule has 172 valence electrons. The molecule has 0 aliphatic rings. The van der Waals surface area contributed by atoms with E-state index in [1.807, 2.05) is 0 Å². The lowest BCUT2D eigenvalue weighted by atomic mass is 10.1. The first-order valence-electron chi connectivity index (χ1n) is 11.9. The van der Waals surface area contributed by atoms with Gasteiger partial charge in [0.05, 0.1) is 6.10 Å². The van der Waals surface area contributed by atoms with Gasteiger partial charge in [0.15, 0.2) is 17.3 Å². The second-order valence-electron chi connectivity index (χ2n) is 8.33. The Bertz CT molecular complexity index is 773. The zero-order valence-corrected chi connectivity index (χ0v) is 18.9. The van der Waals surface area contributed by atoms with Gasteiger partial charge in [-0.3, -0.25) is 5.10 Å². The van der Waals surface area contributed by atoms with E-state index in [0.717, 1.165) is 50.8 Å². The Kier molecular flexibility index (Phi) is 11.8. The molecule has 0 fully saturated rings. The highest BCUT2D eigenvalue weighted by Crippen LogP contribution is 2.28. The molecule has 0 bridgehead atoms. The number of aromatic nitrogens is 3. The molecule has 6 nitrogen and oxygen atoms in total. The summed E-state index contributed by atoms with van der Waals surface area (Å²) in [5, 5.41) is 36.1. The lowest BCUT2D eigenvalue weighted by molar-refractivity contribution is 0.163. The third kappa shape index (κ3) is 10.0. The van der Waals surface area contributed by atoms with Crippen LogP contribution in [0.1, 0.15) is 89.8 Å². The summed E-state index contributed by atoms with van der Waals surface area (Å²) in [5.41, 5.74) is 0.676. The molecule has 1 atom stereocenters. The zero-order chi connectivity index (χ0) is 22.3. The van der Waals surface area contributed by atoms with Crippen molar-refractivity contribution in [2.75, 3.05) is 0 Å². The van der Waals surface area contributed by atoms with Crippen molar-refractivity contribution in [3.8, 4) is 22.9 Å². The van der Waals surface area contributed by atoms with Gasteiger partial charge in [-0.1, -0.05) is 64.0 Å². The van der Waals surface area contributed by atoms with E-state index in [2.05, 4.69) is 34.3 Å². The fraction of sp³-hybridized carbons (Fsp3) is 0.600. The SMILES string of the molecule is CCCCCCC(O)C/C=C\CCCCCCCc1nc(-c2ccc(O)c(O)c2)n[nH]1. The fourth-order valence-corrected chi connectivity index (χ4v) is 3.58. The molecule has 2 aromatic rings. The third-order valence-corrected chi connectivity index (χ3v) is 5.52. The Morgan fingerprint density at radius 2 is 1.71 bits per heavy atom. The van der Waals surface area contributed by atoms with Crippen molar-refractivity contribution in [2.45, 2.75) is 96.5 Å². The number of hydrogen-bond donors (Lipinski definition) is 4. The molecule has 0 aliphatic carbocycles. The van der Waals surface area contributed by atoms with Crippen molar-refractivity contribution >= 4 is 0 Å². The van der Waals surface area contributed by atoms with Gasteiger partial charge in [0.25, 0.3) is 0 Å². The maximum atomic E-state index is 9.95. The standard InChI is InChI=1S/C25H39N3O3/c1-2-3-4-11-14-21(29)15-12-9-7-5-6-8-10-13-16-24-26-25(28-27-24)20-17-18-22(30)23(31)19-20/h9,12,17-19,21,29-31H,2-8,10-11,13-16H2,1H3,(H,26,27,28)/b12-9-. The van der Waals surface area contributed by atoms with Crippen LogP contribution < -0.4 is 0 Å². The number of H-pyrrole nitrogens is 1. The summed E-state index contributed by atoms with van der Waals surface area (Å²) in [4.78, 5) is 4.47. The largest absolute Gasteiger partial charge is 0.504 e. The smallest absolute Gasteiger partial charge is 0.181 e. The molecule has 1 aromatic carbocycles. The number of nitrogens with zero attached hydrogens (tertiary/aromatic N) is 2. The van der Waals surface area contributed by atoms with E-state index in [1.165, 1.54) is 50.7 Å². The summed E-state index contributed by atoms with van der Waals surface area (Å²) >= 11 is 0. The van der Waals surface area contributed by atoms with Crippen molar-refractivity contribution < 1.29 is 15.3 Å². The van der Waals surface area contributed by atoms with Crippen LogP contribution in [0.3, 0.4) is 0 Å². The van der Waals surface area contributed by atoms with Gasteiger partial charge >= 0.3 is 0 Å². The summed E-state index contributed by atoms with van der Waals surface area (Å²) in [6.45, 7) is 2.21. The van der Waals surface area contributed by atoms with Crippen molar-refractivity contribution in [1.82, 2.24) is 15.2 Å². The number of benzene rings is 1. The maximum Gasteiger partial charge on any atom is 0.181 e. The van der Waals surface area contributed by atoms with Gasteiger partial charge in [0.2, 0.25) is 0 Å². The number of nitrogens with one attached hydrogen (secondary N) is 1. The van der Waals surface area contributed by atoms with E-state index in [-0.39, 0.29) is 17.6 Å². The molecule has 0 aliphatic heterocycles. The molecule has 0 spiro atoms. The molecule has 2 rings (SSSR count). The van der Waals surface area contributed by atoms with Crippen LogP contribution >= 0.6 is 0 Å². The van der Waals surface area contributed by atoms with Gasteiger partial charge in [-0.25, -0.2) is 4.98 Å². The molecule has 4 N–H and O–H groups in total. The Morgan fingerprint density at radius 3 is 2.52 bits per heavy atom. The van der Waals surface area contributed by atoms with E-state index in [1.54, 1.807) is 6.07 Å². The van der Waals surface area contributed by atoms with Crippen LogP contribution in [0.25, 0.3) is 11.4 Å². The number of unbranched alkanes of at least 4 members (excludes halogenated alkanes) is 8. The van der Waals surface area contributed by atoms with Crippen LogP contribution in [-0.4, -0.2) is 36.6 Å². The van der Waals surface area contributed by atoms with Crippen LogP contribution in [0.15, 0.2) is 30.4 Å². The first-order valence-corrected chi connectivity index (χ1v) is 11.9. The lowest BCUT2D eigenvalue weighted by Crippen LogP contribution is -2.04. The molecular formula is C25H39N3O3. The third-order valence-electron chi connectivity index (χ3n) is 5.52. The predicted molar refractivity (Wildman–Crippen MR) is 125 cm³/mol. The number of allylic oxidation sites excluding steroid dienone is 1. The minimum Gasteiger partial charge on any atom is -0.504 e. The normalized spacial score (nSPS) is 12.6. The number of phenolic OH excluding ortho intramolecular Hbond substituents is 2. The summed E-state index contributed by atoms with van der Waals surface area (Å²) in [6, 6.07) is 4.59. The Balaban J connectivity index is 1.49. The monoisotopic (exact) mass is 429 g/mol. The second-order valence-corrected chi connectivity index (χ2v) is 8.33.